The first-order valence-electron chi connectivity index (χ1n) is 15.7. The molecule has 0 radical (unpaired) electrons. The highest BCUT2D eigenvalue weighted by Gasteiger charge is 2.47. The summed E-state index contributed by atoms with van der Waals surface area (Å²) in [6.07, 6.45) is 0. The second-order valence-electron chi connectivity index (χ2n) is 12.1. The van der Waals surface area contributed by atoms with Crippen molar-refractivity contribution in [1.29, 1.82) is 0 Å². The molecule has 0 saturated carbocycles. The second kappa shape index (κ2) is 10.2. The van der Waals surface area contributed by atoms with Gasteiger partial charge in [0, 0.05) is 0 Å². The summed E-state index contributed by atoms with van der Waals surface area (Å²) >= 11 is 0. The summed E-state index contributed by atoms with van der Waals surface area (Å²) in [7, 11) is 0. The van der Waals surface area contributed by atoms with Crippen LogP contribution in [0.5, 0.6) is 0 Å². The van der Waals surface area contributed by atoms with E-state index in [0.29, 0.717) is 0 Å². The largest absolute Gasteiger partial charge is 0.0719 e. The van der Waals surface area contributed by atoms with Gasteiger partial charge in [-0.2, -0.15) is 0 Å². The van der Waals surface area contributed by atoms with E-state index in [1.54, 1.807) is 0 Å². The zero-order valence-electron chi connectivity index (χ0n) is 24.8. The first kappa shape index (κ1) is 25.7. The lowest BCUT2D eigenvalue weighted by atomic mass is 9.66. The average molecular weight is 571 g/mol. The van der Waals surface area contributed by atoms with Crippen LogP contribution in [0.15, 0.2) is 182 Å². The number of hydrogen-bond acceptors (Lipinski definition) is 0. The Hall–Kier alpha value is -5.72. The molecule has 0 bridgehead atoms. The molecule has 0 saturated heterocycles. The van der Waals surface area contributed by atoms with Crippen molar-refractivity contribution in [3.8, 4) is 33.4 Å². The highest BCUT2D eigenvalue weighted by molar-refractivity contribution is 6.13. The van der Waals surface area contributed by atoms with Crippen LogP contribution in [0, 0.1) is 0 Å². The molecular formula is C45H30. The molecule has 0 heteroatoms. The van der Waals surface area contributed by atoms with Gasteiger partial charge in [-0.3, -0.25) is 0 Å². The molecule has 9 rings (SSSR count). The standard InChI is InChI=1S/C45H30/c1-5-13-31(14-6-1)33-21-24-38-35(29-33)23-26-41-39(38)27-28-42-40-25-22-34(32-15-7-2-8-16-32)30-43(40)45(44(41)42,36-17-9-3-10-18-36)37-19-11-4-12-20-37/h1-30H. The van der Waals surface area contributed by atoms with E-state index >= 15 is 0 Å². The van der Waals surface area contributed by atoms with Gasteiger partial charge in [-0.25, -0.2) is 0 Å². The van der Waals surface area contributed by atoms with Gasteiger partial charge in [0.2, 0.25) is 0 Å². The molecule has 0 heterocycles. The highest BCUT2D eigenvalue weighted by atomic mass is 14.5. The molecule has 210 valence electrons. The molecular weight excluding hydrogens is 540 g/mol. The maximum Gasteiger partial charge on any atom is 0.0719 e. The van der Waals surface area contributed by atoms with Crippen molar-refractivity contribution in [3.05, 3.63) is 204 Å². The lowest BCUT2D eigenvalue weighted by Gasteiger charge is -2.35. The van der Waals surface area contributed by atoms with Crippen LogP contribution in [0.1, 0.15) is 22.3 Å². The summed E-state index contributed by atoms with van der Waals surface area (Å²) in [4.78, 5) is 0. The fourth-order valence-electron chi connectivity index (χ4n) is 7.76. The average Bonchev–Trinajstić information content (AvgIpc) is 3.43. The smallest absolute Gasteiger partial charge is 0.0622 e. The molecule has 0 aromatic heterocycles. The Morgan fingerprint density at radius 2 is 0.800 bits per heavy atom. The topological polar surface area (TPSA) is 0 Å². The van der Waals surface area contributed by atoms with Gasteiger partial charge in [0.25, 0.3) is 0 Å². The quantitative estimate of drug-likeness (QED) is 0.185. The van der Waals surface area contributed by atoms with Gasteiger partial charge in [0.05, 0.1) is 5.41 Å². The molecule has 8 aromatic rings. The molecule has 1 aliphatic carbocycles. The summed E-state index contributed by atoms with van der Waals surface area (Å²) < 4.78 is 0. The van der Waals surface area contributed by atoms with Gasteiger partial charge in [-0.05, 0) is 89.3 Å². The van der Waals surface area contributed by atoms with E-state index in [4.69, 9.17) is 0 Å². The summed E-state index contributed by atoms with van der Waals surface area (Å²) in [5.74, 6) is 0. The fraction of sp³-hybridized carbons (Fsp3) is 0.0222. The number of hydrogen-bond donors (Lipinski definition) is 0. The molecule has 0 amide bonds. The van der Waals surface area contributed by atoms with Crippen molar-refractivity contribution < 1.29 is 0 Å². The van der Waals surface area contributed by atoms with E-state index < -0.39 is 5.41 Å². The maximum absolute atomic E-state index is 2.45. The zero-order chi connectivity index (χ0) is 29.8. The molecule has 8 aromatic carbocycles. The van der Waals surface area contributed by atoms with E-state index in [1.807, 2.05) is 0 Å². The summed E-state index contributed by atoms with van der Waals surface area (Å²) in [6.45, 7) is 0. The van der Waals surface area contributed by atoms with Crippen LogP contribution in [-0.4, -0.2) is 0 Å². The van der Waals surface area contributed by atoms with Crippen LogP contribution in [0.4, 0.5) is 0 Å². The van der Waals surface area contributed by atoms with Crippen LogP contribution in [0.2, 0.25) is 0 Å². The van der Waals surface area contributed by atoms with Crippen molar-refractivity contribution in [1.82, 2.24) is 0 Å². The minimum atomic E-state index is -0.477. The second-order valence-corrected chi connectivity index (χ2v) is 12.1. The molecule has 45 heavy (non-hydrogen) atoms. The Morgan fingerprint density at radius 3 is 1.42 bits per heavy atom. The molecule has 0 nitrogen and oxygen atoms in total. The Balaban J connectivity index is 1.39. The number of benzene rings is 8. The normalized spacial score (nSPS) is 13.1. The zero-order valence-corrected chi connectivity index (χ0v) is 24.8. The van der Waals surface area contributed by atoms with Gasteiger partial charge < -0.3 is 0 Å². The van der Waals surface area contributed by atoms with Gasteiger partial charge in [0.15, 0.2) is 0 Å². The van der Waals surface area contributed by atoms with Gasteiger partial charge in [-0.15, -0.1) is 0 Å². The Bertz CT molecular complexity index is 2300. The Kier molecular flexibility index (Phi) is 5.83. The SMILES string of the molecule is c1ccc(-c2ccc3c(c2)C(c2ccccc2)(c2ccccc2)c2c-3ccc3c2ccc2cc(-c4ccccc4)ccc23)cc1. The van der Waals surface area contributed by atoms with E-state index in [0.717, 1.165) is 0 Å². The predicted octanol–water partition coefficient (Wildman–Crippen LogP) is 11.7. The first-order valence-corrected chi connectivity index (χ1v) is 15.7. The molecule has 0 N–H and O–H groups in total. The number of rotatable bonds is 4. The van der Waals surface area contributed by atoms with Crippen molar-refractivity contribution in [2.45, 2.75) is 5.41 Å². The maximum atomic E-state index is 2.45. The van der Waals surface area contributed by atoms with E-state index in [9.17, 15) is 0 Å². The van der Waals surface area contributed by atoms with Crippen LogP contribution < -0.4 is 0 Å². The predicted molar refractivity (Wildman–Crippen MR) is 190 cm³/mol. The fourth-order valence-corrected chi connectivity index (χ4v) is 7.76. The van der Waals surface area contributed by atoms with Crippen LogP contribution >= 0.6 is 0 Å². The lowest BCUT2D eigenvalue weighted by Crippen LogP contribution is -2.28. The first-order chi connectivity index (χ1) is 22.3. The third-order valence-corrected chi connectivity index (χ3v) is 9.73. The molecule has 0 aliphatic heterocycles. The minimum absolute atomic E-state index is 0.477. The third kappa shape index (κ3) is 3.86. The number of fused-ring (bicyclic) bond motifs is 7. The summed E-state index contributed by atoms with van der Waals surface area (Å²) in [5.41, 5.74) is 12.4. The molecule has 0 atom stereocenters. The summed E-state index contributed by atoms with van der Waals surface area (Å²) in [5, 5.41) is 5.14. The molecule has 0 fully saturated rings. The van der Waals surface area contributed by atoms with Crippen LogP contribution in [0.25, 0.3) is 54.9 Å². The van der Waals surface area contributed by atoms with E-state index in [2.05, 4.69) is 182 Å². The Labute approximate surface area is 263 Å². The van der Waals surface area contributed by atoms with Crippen molar-refractivity contribution >= 4 is 21.5 Å². The summed E-state index contributed by atoms with van der Waals surface area (Å²) in [6, 6.07) is 67.1. The van der Waals surface area contributed by atoms with Gasteiger partial charge >= 0.3 is 0 Å². The molecule has 0 spiro atoms. The monoisotopic (exact) mass is 570 g/mol. The van der Waals surface area contributed by atoms with Gasteiger partial charge in [0.1, 0.15) is 0 Å². The molecule has 1 aliphatic rings. The lowest BCUT2D eigenvalue weighted by molar-refractivity contribution is 0.776. The van der Waals surface area contributed by atoms with Crippen molar-refractivity contribution in [3.63, 3.8) is 0 Å². The third-order valence-electron chi connectivity index (χ3n) is 9.73. The highest BCUT2D eigenvalue weighted by Crippen LogP contribution is 2.59. The van der Waals surface area contributed by atoms with Crippen LogP contribution in [0.3, 0.4) is 0 Å². The van der Waals surface area contributed by atoms with E-state index in [-0.39, 0.29) is 0 Å². The van der Waals surface area contributed by atoms with E-state index in [1.165, 1.54) is 77.2 Å². The van der Waals surface area contributed by atoms with Crippen molar-refractivity contribution in [2.75, 3.05) is 0 Å². The van der Waals surface area contributed by atoms with Crippen LogP contribution in [-0.2, 0) is 5.41 Å². The minimum Gasteiger partial charge on any atom is -0.0622 e. The van der Waals surface area contributed by atoms with Crippen molar-refractivity contribution in [2.24, 2.45) is 0 Å². The Morgan fingerprint density at radius 1 is 0.311 bits per heavy atom. The molecule has 0 unspecified atom stereocenters. The van der Waals surface area contributed by atoms with Gasteiger partial charge in [-0.1, -0.05) is 170 Å².